The van der Waals surface area contributed by atoms with Crippen LogP contribution in [0.5, 0.6) is 5.75 Å². The SMILES string of the molecule is CCOc1ccccc1NC(=O)CSc1cc(C)[nH]c(=O)n1. The summed E-state index contributed by atoms with van der Waals surface area (Å²) in [4.78, 5) is 29.6. The fraction of sp³-hybridized carbons (Fsp3) is 0.267. The molecule has 1 aromatic heterocycles. The third kappa shape index (κ3) is 4.63. The topological polar surface area (TPSA) is 84.1 Å². The minimum Gasteiger partial charge on any atom is -0.492 e. The number of aryl methyl sites for hydroxylation is 1. The van der Waals surface area contributed by atoms with Gasteiger partial charge in [0.1, 0.15) is 10.8 Å². The lowest BCUT2D eigenvalue weighted by Gasteiger charge is -2.10. The highest BCUT2D eigenvalue weighted by molar-refractivity contribution is 7.99. The Kier molecular flexibility index (Phi) is 5.60. The Hall–Kier alpha value is -2.28. The molecule has 1 heterocycles. The molecular weight excluding hydrogens is 302 g/mol. The Labute approximate surface area is 132 Å². The van der Waals surface area contributed by atoms with Crippen molar-refractivity contribution in [1.29, 1.82) is 0 Å². The molecule has 0 saturated heterocycles. The van der Waals surface area contributed by atoms with Crippen LogP contribution in [-0.2, 0) is 4.79 Å². The molecular formula is C15H17N3O3S. The van der Waals surface area contributed by atoms with Gasteiger partial charge in [-0.25, -0.2) is 4.79 Å². The quantitative estimate of drug-likeness (QED) is 0.630. The van der Waals surface area contributed by atoms with Crippen LogP contribution in [0.3, 0.4) is 0 Å². The Morgan fingerprint density at radius 1 is 1.41 bits per heavy atom. The second-order valence-corrected chi connectivity index (χ2v) is 5.47. The molecule has 1 aromatic carbocycles. The average Bonchev–Trinajstić information content (AvgIpc) is 2.46. The molecule has 2 rings (SSSR count). The van der Waals surface area contributed by atoms with Gasteiger partial charge in [-0.3, -0.25) is 4.79 Å². The number of amides is 1. The first-order valence-electron chi connectivity index (χ1n) is 6.81. The summed E-state index contributed by atoms with van der Waals surface area (Å²) in [6.45, 7) is 4.18. The van der Waals surface area contributed by atoms with Gasteiger partial charge in [-0.05, 0) is 32.0 Å². The van der Waals surface area contributed by atoms with Gasteiger partial charge >= 0.3 is 5.69 Å². The van der Waals surface area contributed by atoms with Gasteiger partial charge < -0.3 is 15.0 Å². The molecule has 0 spiro atoms. The number of anilines is 1. The number of nitrogens with zero attached hydrogens (tertiary/aromatic N) is 1. The van der Waals surface area contributed by atoms with Gasteiger partial charge in [-0.2, -0.15) is 4.98 Å². The third-order valence-electron chi connectivity index (χ3n) is 2.67. The molecule has 2 aromatic rings. The molecule has 22 heavy (non-hydrogen) atoms. The van der Waals surface area contributed by atoms with Crippen molar-refractivity contribution in [2.75, 3.05) is 17.7 Å². The van der Waals surface area contributed by atoms with Crippen molar-refractivity contribution in [3.63, 3.8) is 0 Å². The summed E-state index contributed by atoms with van der Waals surface area (Å²) < 4.78 is 5.45. The third-order valence-corrected chi connectivity index (χ3v) is 3.58. The van der Waals surface area contributed by atoms with Crippen LogP contribution >= 0.6 is 11.8 Å². The molecule has 0 unspecified atom stereocenters. The standard InChI is InChI=1S/C15H17N3O3S/c1-3-21-12-7-5-4-6-11(12)17-13(19)9-22-14-8-10(2)16-15(20)18-14/h4-8H,3,9H2,1-2H3,(H,17,19)(H,16,18,20). The maximum Gasteiger partial charge on any atom is 0.346 e. The smallest absolute Gasteiger partial charge is 0.346 e. The highest BCUT2D eigenvalue weighted by Crippen LogP contribution is 2.24. The van der Waals surface area contributed by atoms with E-state index in [2.05, 4.69) is 15.3 Å². The number of hydrogen-bond donors (Lipinski definition) is 2. The number of hydrogen-bond acceptors (Lipinski definition) is 5. The predicted octanol–water partition coefficient (Wildman–Crippen LogP) is 2.21. The first-order valence-corrected chi connectivity index (χ1v) is 7.79. The number of H-pyrrole nitrogens is 1. The number of aromatic amines is 1. The predicted molar refractivity (Wildman–Crippen MR) is 86.6 cm³/mol. The zero-order chi connectivity index (χ0) is 15.9. The molecule has 0 saturated carbocycles. The molecule has 0 atom stereocenters. The molecule has 1 amide bonds. The van der Waals surface area contributed by atoms with Gasteiger partial charge in [-0.1, -0.05) is 23.9 Å². The van der Waals surface area contributed by atoms with Gasteiger partial charge in [0, 0.05) is 5.69 Å². The van der Waals surface area contributed by atoms with E-state index in [0.717, 1.165) is 0 Å². The second-order valence-electron chi connectivity index (χ2n) is 4.47. The van der Waals surface area contributed by atoms with Crippen LogP contribution in [0, 0.1) is 6.92 Å². The van der Waals surface area contributed by atoms with E-state index in [0.29, 0.717) is 28.8 Å². The van der Waals surface area contributed by atoms with Crippen LogP contribution in [0.15, 0.2) is 40.2 Å². The molecule has 0 fully saturated rings. The van der Waals surface area contributed by atoms with Gasteiger partial charge in [-0.15, -0.1) is 0 Å². The number of nitrogens with one attached hydrogen (secondary N) is 2. The fourth-order valence-electron chi connectivity index (χ4n) is 1.80. The van der Waals surface area contributed by atoms with Gasteiger partial charge in [0.25, 0.3) is 0 Å². The van der Waals surface area contributed by atoms with E-state index in [9.17, 15) is 9.59 Å². The summed E-state index contributed by atoms with van der Waals surface area (Å²) >= 11 is 1.21. The number of para-hydroxylation sites is 2. The molecule has 0 aliphatic heterocycles. The number of thioether (sulfide) groups is 1. The maximum atomic E-state index is 12.0. The van der Waals surface area contributed by atoms with Crippen LogP contribution < -0.4 is 15.7 Å². The number of carbonyl (C=O) groups is 1. The first kappa shape index (κ1) is 16.1. The van der Waals surface area contributed by atoms with Crippen LogP contribution in [-0.4, -0.2) is 28.2 Å². The van der Waals surface area contributed by atoms with Crippen molar-refractivity contribution in [2.24, 2.45) is 0 Å². The molecule has 6 nitrogen and oxygen atoms in total. The Bertz CT molecular complexity index is 715. The van der Waals surface area contributed by atoms with Crippen molar-refractivity contribution in [3.05, 3.63) is 46.5 Å². The Morgan fingerprint density at radius 3 is 2.91 bits per heavy atom. The molecule has 116 valence electrons. The van der Waals surface area contributed by atoms with E-state index in [4.69, 9.17) is 4.74 Å². The van der Waals surface area contributed by atoms with Gasteiger partial charge in [0.2, 0.25) is 5.91 Å². The monoisotopic (exact) mass is 319 g/mol. The van der Waals surface area contributed by atoms with Gasteiger partial charge in [0.05, 0.1) is 18.0 Å². The molecule has 0 bridgehead atoms. The maximum absolute atomic E-state index is 12.0. The van der Waals surface area contributed by atoms with Crippen LogP contribution in [0.1, 0.15) is 12.6 Å². The lowest BCUT2D eigenvalue weighted by Crippen LogP contribution is -2.16. The van der Waals surface area contributed by atoms with E-state index in [-0.39, 0.29) is 11.7 Å². The Morgan fingerprint density at radius 2 is 2.18 bits per heavy atom. The number of benzene rings is 1. The van der Waals surface area contributed by atoms with Crippen molar-refractivity contribution < 1.29 is 9.53 Å². The summed E-state index contributed by atoms with van der Waals surface area (Å²) in [5.41, 5.74) is 0.930. The normalized spacial score (nSPS) is 10.3. The van der Waals surface area contributed by atoms with Crippen molar-refractivity contribution in [3.8, 4) is 5.75 Å². The minimum absolute atomic E-state index is 0.163. The van der Waals surface area contributed by atoms with Crippen molar-refractivity contribution in [1.82, 2.24) is 9.97 Å². The zero-order valence-electron chi connectivity index (χ0n) is 12.4. The highest BCUT2D eigenvalue weighted by Gasteiger charge is 2.09. The average molecular weight is 319 g/mol. The molecule has 7 heteroatoms. The van der Waals surface area contributed by atoms with Crippen LogP contribution in [0.2, 0.25) is 0 Å². The van der Waals surface area contributed by atoms with Crippen LogP contribution in [0.25, 0.3) is 0 Å². The number of carbonyl (C=O) groups excluding carboxylic acids is 1. The van der Waals surface area contributed by atoms with E-state index >= 15 is 0 Å². The summed E-state index contributed by atoms with van der Waals surface area (Å²) in [6, 6.07) is 8.98. The van der Waals surface area contributed by atoms with Gasteiger partial charge in [0.15, 0.2) is 0 Å². The summed E-state index contributed by atoms with van der Waals surface area (Å²) in [7, 11) is 0. The lowest BCUT2D eigenvalue weighted by molar-refractivity contribution is -0.113. The summed E-state index contributed by atoms with van der Waals surface area (Å²) in [6.07, 6.45) is 0. The number of rotatable bonds is 6. The lowest BCUT2D eigenvalue weighted by atomic mass is 10.3. The summed E-state index contributed by atoms with van der Waals surface area (Å²) in [5.74, 6) is 0.612. The fourth-order valence-corrected chi connectivity index (χ4v) is 2.56. The molecule has 0 aliphatic rings. The van der Waals surface area contributed by atoms with Crippen LogP contribution in [0.4, 0.5) is 5.69 Å². The Balaban J connectivity index is 1.97. The van der Waals surface area contributed by atoms with E-state index in [1.165, 1.54) is 11.8 Å². The zero-order valence-corrected chi connectivity index (χ0v) is 13.2. The second kappa shape index (κ2) is 7.65. The summed E-state index contributed by atoms with van der Waals surface area (Å²) in [5, 5.41) is 3.32. The largest absolute Gasteiger partial charge is 0.492 e. The molecule has 0 radical (unpaired) electrons. The number of aromatic nitrogens is 2. The van der Waals surface area contributed by atoms with Crippen molar-refractivity contribution >= 4 is 23.4 Å². The minimum atomic E-state index is -0.412. The molecule has 2 N–H and O–H groups in total. The van der Waals surface area contributed by atoms with E-state index < -0.39 is 5.69 Å². The first-order chi connectivity index (χ1) is 10.6. The molecule has 0 aliphatic carbocycles. The number of ether oxygens (including phenoxy) is 1. The van der Waals surface area contributed by atoms with Crippen molar-refractivity contribution in [2.45, 2.75) is 18.9 Å². The van der Waals surface area contributed by atoms with E-state index in [1.54, 1.807) is 25.1 Å². The highest BCUT2D eigenvalue weighted by atomic mass is 32.2. The van der Waals surface area contributed by atoms with E-state index in [1.807, 2.05) is 19.1 Å².